The van der Waals surface area contributed by atoms with Crippen LogP contribution in [0, 0.1) is 0 Å². The van der Waals surface area contributed by atoms with Crippen LogP contribution in [0.3, 0.4) is 0 Å². The first-order valence-electron chi connectivity index (χ1n) is 7.57. The zero-order chi connectivity index (χ0) is 16.0. The highest BCUT2D eigenvalue weighted by molar-refractivity contribution is 8.00. The van der Waals surface area contributed by atoms with Gasteiger partial charge in [-0.3, -0.25) is 0 Å². The number of piperidine rings is 1. The molecule has 1 aliphatic rings. The minimum Gasteiger partial charge on any atom is -0.490 e. The molecule has 1 saturated heterocycles. The molecular weight excluding hydrogens is 311 g/mol. The predicted molar refractivity (Wildman–Crippen MR) is 84.4 cm³/mol. The molecule has 1 aliphatic heterocycles. The van der Waals surface area contributed by atoms with E-state index in [0.29, 0.717) is 12.8 Å². The fraction of sp³-hybridized carbons (Fsp3) is 0.625. The number of hydrogen-bond donors (Lipinski definition) is 0. The standard InChI is InChI=1S/C16H22F3NOS/c1-20-10-8-15(9-11-20)21-14-6-4-13(5-7-14)3-2-12-22-16(17,18)19/h4-7,15H,2-3,8-12H2,1H3. The molecule has 0 aromatic heterocycles. The monoisotopic (exact) mass is 333 g/mol. The number of nitrogens with zero attached hydrogens (tertiary/aromatic N) is 1. The molecule has 1 aromatic carbocycles. The molecule has 0 unspecified atom stereocenters. The summed E-state index contributed by atoms with van der Waals surface area (Å²) in [5, 5.41) is 0. The third kappa shape index (κ3) is 6.48. The van der Waals surface area contributed by atoms with Crippen LogP contribution in [0.2, 0.25) is 0 Å². The van der Waals surface area contributed by atoms with Gasteiger partial charge in [-0.2, -0.15) is 13.2 Å². The van der Waals surface area contributed by atoms with Crippen molar-refractivity contribution in [3.05, 3.63) is 29.8 Å². The molecule has 0 aliphatic carbocycles. The molecule has 0 amide bonds. The maximum absolute atomic E-state index is 12.0. The summed E-state index contributed by atoms with van der Waals surface area (Å²) >= 11 is 0.0508. The van der Waals surface area contributed by atoms with Gasteiger partial charge in [0.15, 0.2) is 0 Å². The van der Waals surface area contributed by atoms with Gasteiger partial charge in [0.1, 0.15) is 11.9 Å². The Morgan fingerprint density at radius 3 is 2.41 bits per heavy atom. The van der Waals surface area contributed by atoms with Crippen LogP contribution in [0.4, 0.5) is 13.2 Å². The number of aryl methyl sites for hydroxylation is 1. The maximum atomic E-state index is 12.0. The van der Waals surface area contributed by atoms with Crippen molar-refractivity contribution in [2.24, 2.45) is 0 Å². The van der Waals surface area contributed by atoms with E-state index < -0.39 is 5.51 Å². The fourth-order valence-electron chi connectivity index (χ4n) is 2.49. The number of likely N-dealkylation sites (tertiary alicyclic amines) is 1. The third-order valence-electron chi connectivity index (χ3n) is 3.77. The van der Waals surface area contributed by atoms with E-state index in [4.69, 9.17) is 4.74 Å². The lowest BCUT2D eigenvalue weighted by atomic mass is 10.1. The molecule has 0 atom stereocenters. The first-order chi connectivity index (χ1) is 10.4. The Kier molecular flexibility index (Phi) is 6.44. The van der Waals surface area contributed by atoms with E-state index in [9.17, 15) is 13.2 Å². The van der Waals surface area contributed by atoms with Gasteiger partial charge in [0, 0.05) is 18.8 Å². The Morgan fingerprint density at radius 1 is 1.18 bits per heavy atom. The van der Waals surface area contributed by atoms with Crippen LogP contribution in [-0.4, -0.2) is 42.4 Å². The highest BCUT2D eigenvalue weighted by Crippen LogP contribution is 2.30. The van der Waals surface area contributed by atoms with Crippen LogP contribution in [0.5, 0.6) is 5.75 Å². The van der Waals surface area contributed by atoms with Crippen molar-refractivity contribution in [1.29, 1.82) is 0 Å². The van der Waals surface area contributed by atoms with Gasteiger partial charge in [0.2, 0.25) is 0 Å². The quantitative estimate of drug-likeness (QED) is 0.718. The summed E-state index contributed by atoms with van der Waals surface area (Å²) in [5.74, 6) is 0.958. The van der Waals surface area contributed by atoms with Crippen LogP contribution < -0.4 is 4.74 Å². The molecule has 1 fully saturated rings. The van der Waals surface area contributed by atoms with Crippen LogP contribution in [0.15, 0.2) is 24.3 Å². The first-order valence-corrected chi connectivity index (χ1v) is 8.56. The van der Waals surface area contributed by atoms with Gasteiger partial charge < -0.3 is 9.64 Å². The molecule has 2 nitrogen and oxygen atoms in total. The number of rotatable bonds is 6. The second kappa shape index (κ2) is 8.11. The number of alkyl halides is 3. The van der Waals surface area contributed by atoms with E-state index in [1.165, 1.54) is 0 Å². The van der Waals surface area contributed by atoms with E-state index in [2.05, 4.69) is 11.9 Å². The van der Waals surface area contributed by atoms with Crippen LogP contribution >= 0.6 is 11.8 Å². The highest BCUT2D eigenvalue weighted by atomic mass is 32.2. The van der Waals surface area contributed by atoms with Crippen LogP contribution in [0.1, 0.15) is 24.8 Å². The van der Waals surface area contributed by atoms with Gasteiger partial charge in [-0.05, 0) is 50.4 Å². The summed E-state index contributed by atoms with van der Waals surface area (Å²) in [6, 6.07) is 7.74. The molecule has 0 bridgehead atoms. The van der Waals surface area contributed by atoms with Gasteiger partial charge in [-0.15, -0.1) is 0 Å². The van der Waals surface area contributed by atoms with Crippen LogP contribution in [-0.2, 0) is 6.42 Å². The molecular formula is C16H22F3NOS. The highest BCUT2D eigenvalue weighted by Gasteiger charge is 2.27. The van der Waals surface area contributed by atoms with Crippen molar-refractivity contribution in [3.8, 4) is 5.75 Å². The van der Waals surface area contributed by atoms with Gasteiger partial charge in [-0.25, -0.2) is 0 Å². The molecule has 0 radical (unpaired) electrons. The Balaban J connectivity index is 1.71. The molecule has 2 rings (SSSR count). The summed E-state index contributed by atoms with van der Waals surface area (Å²) in [6.45, 7) is 2.11. The van der Waals surface area contributed by atoms with Crippen molar-refractivity contribution < 1.29 is 17.9 Å². The van der Waals surface area contributed by atoms with Crippen molar-refractivity contribution >= 4 is 11.8 Å². The van der Waals surface area contributed by atoms with Crippen LogP contribution in [0.25, 0.3) is 0 Å². The summed E-state index contributed by atoms with van der Waals surface area (Å²) in [6.07, 6.45) is 3.53. The zero-order valence-corrected chi connectivity index (χ0v) is 13.6. The molecule has 0 saturated carbocycles. The lowest BCUT2D eigenvalue weighted by molar-refractivity contribution is -0.0327. The SMILES string of the molecule is CN1CCC(Oc2ccc(CCCSC(F)(F)F)cc2)CC1. The zero-order valence-electron chi connectivity index (χ0n) is 12.7. The van der Waals surface area contributed by atoms with E-state index in [1.54, 1.807) is 0 Å². The average molecular weight is 333 g/mol. The lowest BCUT2D eigenvalue weighted by Gasteiger charge is -2.29. The molecule has 6 heteroatoms. The molecule has 1 heterocycles. The fourth-order valence-corrected chi connectivity index (χ4v) is 3.01. The second-order valence-electron chi connectivity index (χ2n) is 5.66. The minimum absolute atomic E-state index is 0.0508. The summed E-state index contributed by atoms with van der Waals surface area (Å²) in [7, 11) is 2.11. The summed E-state index contributed by atoms with van der Waals surface area (Å²) in [4.78, 5) is 2.29. The summed E-state index contributed by atoms with van der Waals surface area (Å²) in [5.41, 5.74) is -3.07. The van der Waals surface area contributed by atoms with E-state index in [-0.39, 0.29) is 23.6 Å². The largest absolute Gasteiger partial charge is 0.490 e. The number of thioether (sulfide) groups is 1. The molecule has 22 heavy (non-hydrogen) atoms. The molecule has 0 spiro atoms. The Labute approximate surface area is 134 Å². The van der Waals surface area contributed by atoms with E-state index >= 15 is 0 Å². The normalized spacial score (nSPS) is 17.6. The summed E-state index contributed by atoms with van der Waals surface area (Å²) < 4.78 is 42.0. The second-order valence-corrected chi connectivity index (χ2v) is 6.82. The van der Waals surface area contributed by atoms with Crippen molar-refractivity contribution in [1.82, 2.24) is 4.90 Å². The van der Waals surface area contributed by atoms with E-state index in [1.807, 2.05) is 24.3 Å². The Bertz CT molecular complexity index is 442. The third-order valence-corrected chi connectivity index (χ3v) is 4.59. The first kappa shape index (κ1) is 17.5. The number of halogens is 3. The molecule has 0 N–H and O–H groups in total. The van der Waals surface area contributed by atoms with Gasteiger partial charge >= 0.3 is 5.51 Å². The Hall–Kier alpha value is -0.880. The minimum atomic E-state index is -4.12. The smallest absolute Gasteiger partial charge is 0.441 e. The van der Waals surface area contributed by atoms with Gasteiger partial charge in [0.05, 0.1) is 0 Å². The predicted octanol–water partition coefficient (Wildman–Crippen LogP) is 4.35. The van der Waals surface area contributed by atoms with Crippen molar-refractivity contribution in [3.63, 3.8) is 0 Å². The number of ether oxygens (including phenoxy) is 1. The molecule has 124 valence electrons. The van der Waals surface area contributed by atoms with Crippen molar-refractivity contribution in [2.75, 3.05) is 25.9 Å². The topological polar surface area (TPSA) is 12.5 Å². The van der Waals surface area contributed by atoms with E-state index in [0.717, 1.165) is 37.2 Å². The van der Waals surface area contributed by atoms with Gasteiger partial charge in [-0.1, -0.05) is 23.9 Å². The number of hydrogen-bond acceptors (Lipinski definition) is 3. The van der Waals surface area contributed by atoms with Gasteiger partial charge in [0.25, 0.3) is 0 Å². The average Bonchev–Trinajstić information content (AvgIpc) is 2.47. The molecule has 1 aromatic rings. The maximum Gasteiger partial charge on any atom is 0.441 e. The lowest BCUT2D eigenvalue weighted by Crippen LogP contribution is -2.35. The number of benzene rings is 1. The van der Waals surface area contributed by atoms with Crippen molar-refractivity contribution in [2.45, 2.75) is 37.3 Å². The Morgan fingerprint density at radius 2 is 1.82 bits per heavy atom.